The molecule has 0 spiro atoms. The SMILES string of the molecule is [2H]C([2H])([2H])c1cc(-c2c(C(C)(CC)CC)cccc2C(C)(CC)CC)ccc1-n1c(-c2cc(C)cc(C)c2O)nc2c(-c3cc(-c4ccccc4)cc(-c4cc(-c5ccccc5)ccn4)c3)cccc21. The Hall–Kier alpha value is -7.04. The summed E-state index contributed by atoms with van der Waals surface area (Å²) in [7, 11) is 0. The van der Waals surface area contributed by atoms with Crippen LogP contribution in [0.5, 0.6) is 5.75 Å². The van der Waals surface area contributed by atoms with Gasteiger partial charge in [-0.05, 0) is 179 Å². The number of benzene rings is 7. The number of fused-ring (bicyclic) bond motifs is 1. The van der Waals surface area contributed by atoms with E-state index in [1.807, 2.05) is 103 Å². The van der Waals surface area contributed by atoms with Gasteiger partial charge in [0, 0.05) is 21.4 Å². The van der Waals surface area contributed by atoms with Crippen LogP contribution in [0.2, 0.25) is 0 Å². The van der Waals surface area contributed by atoms with Crippen molar-refractivity contribution < 1.29 is 9.22 Å². The van der Waals surface area contributed by atoms with E-state index in [0.717, 1.165) is 92.5 Å². The zero-order valence-electron chi connectivity index (χ0n) is 43.2. The highest BCUT2D eigenvalue weighted by atomic mass is 16.3. The number of pyridine rings is 1. The first-order chi connectivity index (χ1) is 33.6. The minimum atomic E-state index is -2.52. The summed E-state index contributed by atoms with van der Waals surface area (Å²) in [5.41, 5.74) is 16.3. The van der Waals surface area contributed by atoms with Crippen molar-refractivity contribution in [2.45, 2.75) is 98.8 Å². The summed E-state index contributed by atoms with van der Waals surface area (Å²) in [6, 6.07) is 54.1. The predicted molar refractivity (Wildman–Crippen MR) is 283 cm³/mol. The maximum absolute atomic E-state index is 11.9. The smallest absolute Gasteiger partial charge is 0.149 e. The van der Waals surface area contributed by atoms with Gasteiger partial charge in [0.1, 0.15) is 11.6 Å². The van der Waals surface area contributed by atoms with Crippen LogP contribution in [0, 0.1) is 20.7 Å². The zero-order valence-corrected chi connectivity index (χ0v) is 40.2. The van der Waals surface area contributed by atoms with E-state index in [4.69, 9.17) is 9.97 Å². The van der Waals surface area contributed by atoms with Gasteiger partial charge < -0.3 is 5.11 Å². The van der Waals surface area contributed by atoms with Gasteiger partial charge in [-0.25, -0.2) is 4.98 Å². The fourth-order valence-electron chi connectivity index (χ4n) is 10.0. The Morgan fingerprint density at radius 2 is 1.15 bits per heavy atom. The molecule has 0 atom stereocenters. The number of phenolic OH excluding ortho intramolecular Hbond substituents is 1. The van der Waals surface area contributed by atoms with Gasteiger partial charge in [-0.2, -0.15) is 0 Å². The third-order valence-electron chi connectivity index (χ3n) is 14.9. The van der Waals surface area contributed by atoms with Crippen LogP contribution >= 0.6 is 0 Å². The van der Waals surface area contributed by atoms with Crippen molar-refractivity contribution in [1.29, 1.82) is 0 Å². The lowest BCUT2D eigenvalue weighted by atomic mass is 9.68. The summed E-state index contributed by atoms with van der Waals surface area (Å²) in [6.45, 7) is 15.0. The summed E-state index contributed by atoms with van der Waals surface area (Å²) in [6.07, 6.45) is 5.63. The minimum Gasteiger partial charge on any atom is -0.507 e. The summed E-state index contributed by atoms with van der Waals surface area (Å²) >= 11 is 0. The molecule has 0 unspecified atom stereocenters. The normalized spacial score (nSPS) is 12.8. The molecule has 0 radical (unpaired) electrons. The van der Waals surface area contributed by atoms with Gasteiger partial charge >= 0.3 is 0 Å². The van der Waals surface area contributed by atoms with Gasteiger partial charge in [-0.1, -0.05) is 145 Å². The van der Waals surface area contributed by atoms with Crippen LogP contribution in [-0.4, -0.2) is 19.6 Å². The van der Waals surface area contributed by atoms with Crippen LogP contribution in [0.1, 0.15) is 99.2 Å². The van der Waals surface area contributed by atoms with E-state index in [-0.39, 0.29) is 22.1 Å². The molecular formula is C63H63N3O. The fourth-order valence-corrected chi connectivity index (χ4v) is 10.0. The first-order valence-corrected chi connectivity index (χ1v) is 23.9. The monoisotopic (exact) mass is 881 g/mol. The molecule has 0 aliphatic heterocycles. The second-order valence-electron chi connectivity index (χ2n) is 18.9. The van der Waals surface area contributed by atoms with E-state index in [1.165, 1.54) is 11.1 Å². The molecule has 0 saturated heterocycles. The Labute approximate surface area is 402 Å². The average Bonchev–Trinajstić information content (AvgIpc) is 3.78. The number of hydrogen-bond acceptors (Lipinski definition) is 3. The molecule has 0 aliphatic carbocycles. The lowest BCUT2D eigenvalue weighted by molar-refractivity contribution is 0.426. The van der Waals surface area contributed by atoms with Gasteiger partial charge in [0.2, 0.25) is 0 Å². The molecule has 0 amide bonds. The van der Waals surface area contributed by atoms with Crippen LogP contribution in [0.15, 0.2) is 164 Å². The highest BCUT2D eigenvalue weighted by Gasteiger charge is 2.33. The Bertz CT molecular complexity index is 3330. The van der Waals surface area contributed by atoms with Crippen molar-refractivity contribution in [2.24, 2.45) is 0 Å². The molecule has 9 aromatic rings. The molecule has 4 nitrogen and oxygen atoms in total. The van der Waals surface area contributed by atoms with Crippen molar-refractivity contribution in [3.8, 4) is 78.6 Å². The Morgan fingerprint density at radius 3 is 1.79 bits per heavy atom. The van der Waals surface area contributed by atoms with Gasteiger partial charge in [-0.3, -0.25) is 9.55 Å². The van der Waals surface area contributed by atoms with Crippen molar-refractivity contribution >= 4 is 11.0 Å². The van der Waals surface area contributed by atoms with Crippen molar-refractivity contribution in [1.82, 2.24) is 14.5 Å². The Balaban J connectivity index is 1.33. The number of aromatic nitrogens is 3. The molecule has 0 fully saturated rings. The molecule has 67 heavy (non-hydrogen) atoms. The molecule has 9 rings (SSSR count). The highest BCUT2D eigenvalue weighted by molar-refractivity contribution is 5.98. The molecule has 336 valence electrons. The Morgan fingerprint density at radius 1 is 0.537 bits per heavy atom. The second-order valence-corrected chi connectivity index (χ2v) is 18.9. The van der Waals surface area contributed by atoms with E-state index < -0.39 is 6.85 Å². The maximum atomic E-state index is 11.9. The first-order valence-electron chi connectivity index (χ1n) is 25.4. The van der Waals surface area contributed by atoms with Crippen LogP contribution < -0.4 is 0 Å². The molecule has 1 N–H and O–H groups in total. The van der Waals surface area contributed by atoms with Gasteiger partial charge in [0.05, 0.1) is 28.0 Å². The standard InChI is InChI=1S/C63H63N3O/c1-10-62(8,11-2)53-27-21-28-54(63(9,12-3)13-4)58(53)47-30-31-56(42(6)36-47)66-57-29-20-26-51(59(57)65-61(66)52-35-41(5)34-43(7)60(52)67)49-37-48(45-24-18-15-19-25-45)38-50(39-49)55-40-46(32-33-64-55)44-22-16-14-17-23-44/h14-40,67H,10-13H2,1-9H3/i6D3. The summed E-state index contributed by atoms with van der Waals surface area (Å²) < 4.78 is 29.8. The quantitative estimate of drug-likeness (QED) is 0.126. The van der Waals surface area contributed by atoms with Crippen LogP contribution in [0.4, 0.5) is 0 Å². The fraction of sp³-hybridized carbons (Fsp3) is 0.238. The molecule has 4 heteroatoms. The average molecular weight is 881 g/mol. The number of para-hydroxylation sites is 1. The minimum absolute atomic E-state index is 0.101. The second kappa shape index (κ2) is 18.3. The number of aryl methyl sites for hydroxylation is 3. The Kier molecular flexibility index (Phi) is 11.3. The number of nitrogens with zero attached hydrogens (tertiary/aromatic N) is 3. The predicted octanol–water partition coefficient (Wildman–Crippen LogP) is 17.2. The van der Waals surface area contributed by atoms with Gasteiger partial charge in [0.25, 0.3) is 0 Å². The summed E-state index contributed by atoms with van der Waals surface area (Å²) in [5.74, 6) is 0.556. The maximum Gasteiger partial charge on any atom is 0.149 e. The van der Waals surface area contributed by atoms with Crippen molar-refractivity contribution in [3.63, 3.8) is 0 Å². The van der Waals surface area contributed by atoms with Crippen molar-refractivity contribution in [2.75, 3.05) is 0 Å². The van der Waals surface area contributed by atoms with Gasteiger partial charge in [0.15, 0.2) is 0 Å². The number of imidazole rings is 1. The topological polar surface area (TPSA) is 50.9 Å². The van der Waals surface area contributed by atoms with E-state index in [1.54, 1.807) is 0 Å². The number of aromatic hydroxyl groups is 1. The summed E-state index contributed by atoms with van der Waals surface area (Å²) in [4.78, 5) is 10.4. The first kappa shape index (κ1) is 41.4. The van der Waals surface area contributed by atoms with Crippen molar-refractivity contribution in [3.05, 3.63) is 192 Å². The van der Waals surface area contributed by atoms with E-state index >= 15 is 0 Å². The van der Waals surface area contributed by atoms with Gasteiger partial charge in [-0.15, -0.1) is 0 Å². The van der Waals surface area contributed by atoms with Crippen LogP contribution in [0.25, 0.3) is 83.9 Å². The summed E-state index contributed by atoms with van der Waals surface area (Å²) in [5, 5.41) is 11.9. The van der Waals surface area contributed by atoms with E-state index in [9.17, 15) is 9.22 Å². The number of rotatable bonds is 13. The lowest BCUT2D eigenvalue weighted by Gasteiger charge is -2.36. The molecule has 0 saturated carbocycles. The molecule has 2 heterocycles. The highest BCUT2D eigenvalue weighted by Crippen LogP contribution is 2.47. The van der Waals surface area contributed by atoms with Crippen LogP contribution in [-0.2, 0) is 10.8 Å². The third kappa shape index (κ3) is 8.28. The number of hydrogen-bond donors (Lipinski definition) is 1. The largest absolute Gasteiger partial charge is 0.507 e. The molecule has 0 bridgehead atoms. The molecule has 0 aliphatic rings. The molecule has 2 aromatic heterocycles. The third-order valence-corrected chi connectivity index (χ3v) is 14.9. The van der Waals surface area contributed by atoms with E-state index in [0.29, 0.717) is 28.2 Å². The number of phenols is 1. The lowest BCUT2D eigenvalue weighted by Crippen LogP contribution is -2.25. The zero-order chi connectivity index (χ0) is 49.5. The van der Waals surface area contributed by atoms with Crippen LogP contribution in [0.3, 0.4) is 0 Å². The molecular weight excluding hydrogens is 815 g/mol. The van der Waals surface area contributed by atoms with E-state index in [2.05, 4.69) is 120 Å². The molecule has 7 aromatic carbocycles.